The Kier molecular flexibility index (Phi) is 3.85. The Labute approximate surface area is 123 Å². The summed E-state index contributed by atoms with van der Waals surface area (Å²) in [5.41, 5.74) is 0.754. The van der Waals surface area contributed by atoms with E-state index in [1.807, 2.05) is 6.92 Å². The molecule has 3 atom stereocenters. The minimum atomic E-state index is -0.498. The van der Waals surface area contributed by atoms with Gasteiger partial charge < -0.3 is 4.74 Å². The van der Waals surface area contributed by atoms with E-state index in [-0.39, 0.29) is 17.6 Å². The Morgan fingerprint density at radius 2 is 2.00 bits per heavy atom. The van der Waals surface area contributed by atoms with Crippen LogP contribution in [-0.4, -0.2) is 10.9 Å². The number of benzene rings is 1. The Morgan fingerprint density at radius 1 is 1.43 bits per heavy atom. The van der Waals surface area contributed by atoms with Gasteiger partial charge in [-0.3, -0.25) is 10.1 Å². The molecule has 0 amide bonds. The van der Waals surface area contributed by atoms with Crippen molar-refractivity contribution < 1.29 is 14.5 Å². The number of cyclic esters (lactones) is 1. The Bertz CT molecular complexity index is 593. The molecule has 0 radical (unpaired) electrons. The van der Waals surface area contributed by atoms with Gasteiger partial charge in [0.05, 0.1) is 4.92 Å². The number of nitrogens with zero attached hydrogens (tertiary/aromatic N) is 1. The molecule has 1 fully saturated rings. The van der Waals surface area contributed by atoms with E-state index < -0.39 is 16.4 Å². The summed E-state index contributed by atoms with van der Waals surface area (Å²) in [5, 5.41) is 10.7. The van der Waals surface area contributed by atoms with Crippen LogP contribution in [0, 0.1) is 21.4 Å². The summed E-state index contributed by atoms with van der Waals surface area (Å²) in [6.45, 7) is 9.98. The van der Waals surface area contributed by atoms with Gasteiger partial charge in [-0.15, -0.1) is 0 Å². The highest BCUT2D eigenvalue weighted by Crippen LogP contribution is 2.54. The molecular formula is C16H19NO4. The molecule has 0 bridgehead atoms. The van der Waals surface area contributed by atoms with E-state index >= 15 is 0 Å². The van der Waals surface area contributed by atoms with Gasteiger partial charge in [-0.1, -0.05) is 33.8 Å². The van der Waals surface area contributed by atoms with Crippen LogP contribution in [0.4, 0.5) is 5.69 Å². The van der Waals surface area contributed by atoms with Crippen molar-refractivity contribution in [2.45, 2.75) is 33.3 Å². The van der Waals surface area contributed by atoms with Crippen LogP contribution in [0.2, 0.25) is 0 Å². The van der Waals surface area contributed by atoms with Gasteiger partial charge in [0.25, 0.3) is 5.69 Å². The smallest absolute Gasteiger partial charge is 0.334 e. The molecule has 1 aromatic carbocycles. The molecule has 0 aromatic heterocycles. The Morgan fingerprint density at radius 3 is 2.48 bits per heavy atom. The lowest BCUT2D eigenvalue weighted by Gasteiger charge is -2.35. The zero-order valence-electron chi connectivity index (χ0n) is 12.5. The predicted octanol–water partition coefficient (Wildman–Crippen LogP) is 3.80. The number of hydrogen-bond donors (Lipinski definition) is 0. The molecule has 0 spiro atoms. The second-order valence-corrected chi connectivity index (χ2v) is 5.70. The molecule has 1 heterocycles. The first kappa shape index (κ1) is 15.2. The van der Waals surface area contributed by atoms with Crippen LogP contribution in [0.1, 0.15) is 38.9 Å². The standard InChI is InChI=1S/C16H19NO4/c1-5-10(2)16(4)11(3)15(18)21-14(16)12-6-8-13(9-7-12)17(19)20/h6-10,14H,3,5H2,1-2,4H3/t10?,14-,16-/m1/s1. The van der Waals surface area contributed by atoms with Crippen molar-refractivity contribution in [1.29, 1.82) is 0 Å². The fourth-order valence-corrected chi connectivity index (χ4v) is 2.84. The van der Waals surface area contributed by atoms with E-state index in [9.17, 15) is 14.9 Å². The normalized spacial score (nSPS) is 26.5. The van der Waals surface area contributed by atoms with Gasteiger partial charge >= 0.3 is 5.97 Å². The summed E-state index contributed by atoms with van der Waals surface area (Å²) in [6, 6.07) is 6.16. The van der Waals surface area contributed by atoms with E-state index in [4.69, 9.17) is 4.74 Å². The third-order valence-electron chi connectivity index (χ3n) is 4.71. The number of nitro benzene ring substituents is 1. The molecule has 1 unspecified atom stereocenters. The number of carbonyl (C=O) groups is 1. The van der Waals surface area contributed by atoms with E-state index in [0.29, 0.717) is 5.57 Å². The van der Waals surface area contributed by atoms with Gasteiger partial charge in [-0.25, -0.2) is 4.79 Å². The molecule has 2 rings (SSSR count). The maximum atomic E-state index is 11.9. The first-order valence-electron chi connectivity index (χ1n) is 6.97. The van der Waals surface area contributed by atoms with Crippen molar-refractivity contribution >= 4 is 11.7 Å². The third-order valence-corrected chi connectivity index (χ3v) is 4.71. The van der Waals surface area contributed by atoms with E-state index in [2.05, 4.69) is 20.4 Å². The number of non-ortho nitro benzene ring substituents is 1. The molecule has 0 N–H and O–H groups in total. The second-order valence-electron chi connectivity index (χ2n) is 5.70. The lowest BCUT2D eigenvalue weighted by atomic mass is 9.67. The van der Waals surface area contributed by atoms with Crippen molar-refractivity contribution in [1.82, 2.24) is 0 Å². The van der Waals surface area contributed by atoms with Crippen molar-refractivity contribution in [3.05, 3.63) is 52.1 Å². The molecule has 1 aliphatic heterocycles. The summed E-state index contributed by atoms with van der Waals surface area (Å²) in [7, 11) is 0. The molecule has 112 valence electrons. The average Bonchev–Trinajstić information content (AvgIpc) is 2.72. The van der Waals surface area contributed by atoms with E-state index in [0.717, 1.165) is 12.0 Å². The van der Waals surface area contributed by atoms with Crippen molar-refractivity contribution in [3.8, 4) is 0 Å². The van der Waals surface area contributed by atoms with Crippen LogP contribution in [0.3, 0.4) is 0 Å². The lowest BCUT2D eigenvalue weighted by Crippen LogP contribution is -2.30. The number of carbonyl (C=O) groups excluding carboxylic acids is 1. The van der Waals surface area contributed by atoms with E-state index in [1.165, 1.54) is 12.1 Å². The number of ether oxygens (including phenoxy) is 1. The molecule has 5 heteroatoms. The van der Waals surface area contributed by atoms with Gasteiger partial charge in [0.1, 0.15) is 6.10 Å². The summed E-state index contributed by atoms with van der Waals surface area (Å²) in [4.78, 5) is 22.2. The first-order chi connectivity index (χ1) is 9.82. The van der Waals surface area contributed by atoms with Crippen LogP contribution in [0.5, 0.6) is 0 Å². The average molecular weight is 289 g/mol. The van der Waals surface area contributed by atoms with Gasteiger partial charge in [-0.05, 0) is 23.6 Å². The topological polar surface area (TPSA) is 69.4 Å². The highest BCUT2D eigenvalue weighted by Gasteiger charge is 2.52. The summed E-state index contributed by atoms with van der Waals surface area (Å²) in [6.07, 6.45) is 0.434. The molecule has 0 saturated carbocycles. The highest BCUT2D eigenvalue weighted by atomic mass is 16.6. The van der Waals surface area contributed by atoms with Crippen LogP contribution in [0.15, 0.2) is 36.4 Å². The van der Waals surface area contributed by atoms with Gasteiger partial charge in [0.15, 0.2) is 0 Å². The minimum absolute atomic E-state index is 0.0205. The van der Waals surface area contributed by atoms with Crippen LogP contribution < -0.4 is 0 Å². The largest absolute Gasteiger partial charge is 0.453 e. The molecule has 21 heavy (non-hydrogen) atoms. The molecule has 1 saturated heterocycles. The number of esters is 1. The lowest BCUT2D eigenvalue weighted by molar-refractivity contribution is -0.384. The third kappa shape index (κ3) is 2.33. The zero-order chi connectivity index (χ0) is 15.8. The fraction of sp³-hybridized carbons (Fsp3) is 0.438. The van der Waals surface area contributed by atoms with E-state index in [1.54, 1.807) is 12.1 Å². The predicted molar refractivity (Wildman–Crippen MR) is 78.6 cm³/mol. The SMILES string of the molecule is C=C1C(=O)O[C@H](c2ccc([N+](=O)[O-])cc2)[C@]1(C)C(C)CC. The minimum Gasteiger partial charge on any atom is -0.453 e. The molecule has 5 nitrogen and oxygen atoms in total. The zero-order valence-corrected chi connectivity index (χ0v) is 12.5. The Balaban J connectivity index is 2.43. The summed E-state index contributed by atoms with van der Waals surface area (Å²) < 4.78 is 5.49. The van der Waals surface area contributed by atoms with Crippen LogP contribution in [-0.2, 0) is 9.53 Å². The highest BCUT2D eigenvalue weighted by molar-refractivity contribution is 5.92. The number of hydrogen-bond acceptors (Lipinski definition) is 4. The van der Waals surface area contributed by atoms with Gasteiger partial charge in [0, 0.05) is 23.1 Å². The Hall–Kier alpha value is -2.17. The first-order valence-corrected chi connectivity index (χ1v) is 6.97. The quantitative estimate of drug-likeness (QED) is 0.366. The maximum Gasteiger partial charge on any atom is 0.334 e. The second kappa shape index (κ2) is 5.31. The number of nitro groups is 1. The van der Waals surface area contributed by atoms with Crippen molar-refractivity contribution in [2.75, 3.05) is 0 Å². The van der Waals surface area contributed by atoms with Crippen molar-refractivity contribution in [3.63, 3.8) is 0 Å². The van der Waals surface area contributed by atoms with Crippen LogP contribution in [0.25, 0.3) is 0 Å². The molecule has 0 aliphatic carbocycles. The van der Waals surface area contributed by atoms with Crippen molar-refractivity contribution in [2.24, 2.45) is 11.3 Å². The van der Waals surface area contributed by atoms with Gasteiger partial charge in [0.2, 0.25) is 0 Å². The molecular weight excluding hydrogens is 270 g/mol. The fourth-order valence-electron chi connectivity index (χ4n) is 2.84. The van der Waals surface area contributed by atoms with Crippen LogP contribution >= 0.6 is 0 Å². The monoisotopic (exact) mass is 289 g/mol. The molecule has 1 aromatic rings. The summed E-state index contributed by atoms with van der Waals surface area (Å²) in [5.74, 6) is -0.183. The molecule has 1 aliphatic rings. The summed E-state index contributed by atoms with van der Waals surface area (Å²) >= 11 is 0. The maximum absolute atomic E-state index is 11.9. The number of rotatable bonds is 4. The van der Waals surface area contributed by atoms with Gasteiger partial charge in [-0.2, -0.15) is 0 Å².